The molecule has 4 nitrogen and oxygen atoms in total. The van der Waals surface area contributed by atoms with Crippen molar-refractivity contribution in [3.63, 3.8) is 0 Å². The standard InChI is InChI=1S/C13H13NO3/c1-7(2)12(15)11-5-8-3-4-9(13(16)17)6-10(8)14-11/h3-7,14H,1-2H3,(H,16,17). The van der Waals surface area contributed by atoms with E-state index in [1.54, 1.807) is 12.1 Å². The molecule has 2 N–H and O–H groups in total. The minimum Gasteiger partial charge on any atom is -0.478 e. The van der Waals surface area contributed by atoms with Crippen molar-refractivity contribution in [2.45, 2.75) is 13.8 Å². The van der Waals surface area contributed by atoms with Crippen molar-refractivity contribution >= 4 is 22.7 Å². The second-order valence-corrected chi connectivity index (χ2v) is 4.31. The van der Waals surface area contributed by atoms with E-state index in [0.29, 0.717) is 11.2 Å². The van der Waals surface area contributed by atoms with Crippen LogP contribution in [0.3, 0.4) is 0 Å². The molecule has 0 amide bonds. The molecule has 88 valence electrons. The second-order valence-electron chi connectivity index (χ2n) is 4.31. The quantitative estimate of drug-likeness (QED) is 0.798. The van der Waals surface area contributed by atoms with Gasteiger partial charge in [0, 0.05) is 16.8 Å². The van der Waals surface area contributed by atoms with E-state index in [2.05, 4.69) is 4.98 Å². The first kappa shape index (κ1) is 11.4. The van der Waals surface area contributed by atoms with E-state index in [9.17, 15) is 9.59 Å². The Morgan fingerprint density at radius 1 is 1.24 bits per heavy atom. The minimum atomic E-state index is -0.974. The summed E-state index contributed by atoms with van der Waals surface area (Å²) in [6, 6.07) is 6.52. The van der Waals surface area contributed by atoms with Gasteiger partial charge in [-0.1, -0.05) is 19.9 Å². The van der Waals surface area contributed by atoms with Gasteiger partial charge in [0.15, 0.2) is 5.78 Å². The van der Waals surface area contributed by atoms with Crippen LogP contribution in [0.4, 0.5) is 0 Å². The number of rotatable bonds is 3. The molecule has 17 heavy (non-hydrogen) atoms. The number of aromatic amines is 1. The predicted molar refractivity (Wildman–Crippen MR) is 64.4 cm³/mol. The normalized spacial score (nSPS) is 11.0. The van der Waals surface area contributed by atoms with E-state index in [0.717, 1.165) is 5.39 Å². The zero-order chi connectivity index (χ0) is 12.6. The average Bonchev–Trinajstić information content (AvgIpc) is 2.69. The lowest BCUT2D eigenvalue weighted by molar-refractivity contribution is 0.0697. The van der Waals surface area contributed by atoms with Gasteiger partial charge in [0.1, 0.15) is 0 Å². The number of carboxylic acids is 1. The van der Waals surface area contributed by atoms with E-state index < -0.39 is 5.97 Å². The second kappa shape index (κ2) is 4.05. The van der Waals surface area contributed by atoms with E-state index in [-0.39, 0.29) is 17.3 Å². The largest absolute Gasteiger partial charge is 0.478 e. The number of carboxylic acid groups (broad SMARTS) is 1. The van der Waals surface area contributed by atoms with Gasteiger partial charge in [-0.3, -0.25) is 4.79 Å². The van der Waals surface area contributed by atoms with Crippen LogP contribution in [-0.4, -0.2) is 21.8 Å². The number of ketones is 1. The van der Waals surface area contributed by atoms with Crippen molar-refractivity contribution in [2.75, 3.05) is 0 Å². The molecule has 0 saturated carbocycles. The first-order valence-electron chi connectivity index (χ1n) is 5.39. The van der Waals surface area contributed by atoms with Gasteiger partial charge in [0.25, 0.3) is 0 Å². The molecule has 4 heteroatoms. The van der Waals surface area contributed by atoms with Gasteiger partial charge in [-0.25, -0.2) is 4.79 Å². The molecule has 2 aromatic rings. The molecule has 1 heterocycles. The van der Waals surface area contributed by atoms with Crippen LogP contribution in [0.25, 0.3) is 10.9 Å². The molecule has 0 saturated heterocycles. The lowest BCUT2D eigenvalue weighted by Gasteiger charge is -1.99. The van der Waals surface area contributed by atoms with Crippen LogP contribution in [0.15, 0.2) is 24.3 Å². The molecule has 1 aromatic heterocycles. The molecular formula is C13H13NO3. The van der Waals surface area contributed by atoms with Gasteiger partial charge in [0.2, 0.25) is 0 Å². The SMILES string of the molecule is CC(C)C(=O)c1cc2ccc(C(=O)O)cc2[nH]1. The smallest absolute Gasteiger partial charge is 0.335 e. The highest BCUT2D eigenvalue weighted by atomic mass is 16.4. The third-order valence-corrected chi connectivity index (χ3v) is 2.66. The van der Waals surface area contributed by atoms with Crippen molar-refractivity contribution in [3.8, 4) is 0 Å². The number of fused-ring (bicyclic) bond motifs is 1. The number of carbonyl (C=O) groups excluding carboxylic acids is 1. The number of hydrogen-bond acceptors (Lipinski definition) is 2. The highest BCUT2D eigenvalue weighted by Crippen LogP contribution is 2.19. The summed E-state index contributed by atoms with van der Waals surface area (Å²) >= 11 is 0. The monoisotopic (exact) mass is 231 g/mol. The molecule has 0 aliphatic rings. The van der Waals surface area contributed by atoms with Gasteiger partial charge in [-0.2, -0.15) is 0 Å². The number of nitrogens with one attached hydrogen (secondary N) is 1. The summed E-state index contributed by atoms with van der Waals surface area (Å²) in [5, 5.41) is 9.71. The average molecular weight is 231 g/mol. The number of hydrogen-bond donors (Lipinski definition) is 2. The van der Waals surface area contributed by atoms with Gasteiger partial charge >= 0.3 is 5.97 Å². The third kappa shape index (κ3) is 2.06. The summed E-state index contributed by atoms with van der Waals surface area (Å²) < 4.78 is 0. The van der Waals surface area contributed by atoms with Crippen LogP contribution in [0.1, 0.15) is 34.7 Å². The molecule has 0 fully saturated rings. The number of benzene rings is 1. The van der Waals surface area contributed by atoms with Crippen molar-refractivity contribution in [2.24, 2.45) is 5.92 Å². The Kier molecular flexibility index (Phi) is 2.71. The molecule has 0 bridgehead atoms. The van der Waals surface area contributed by atoms with Crippen LogP contribution in [0.5, 0.6) is 0 Å². The lowest BCUT2D eigenvalue weighted by atomic mass is 10.1. The zero-order valence-corrected chi connectivity index (χ0v) is 9.65. The highest BCUT2D eigenvalue weighted by Gasteiger charge is 2.13. The zero-order valence-electron chi connectivity index (χ0n) is 9.65. The molecule has 0 radical (unpaired) electrons. The number of aromatic carboxylic acids is 1. The highest BCUT2D eigenvalue weighted by molar-refractivity contribution is 6.01. The Balaban J connectivity index is 2.51. The summed E-state index contributed by atoms with van der Waals surface area (Å²) in [6.07, 6.45) is 0. The fourth-order valence-electron chi connectivity index (χ4n) is 1.70. The predicted octanol–water partition coefficient (Wildman–Crippen LogP) is 2.70. The van der Waals surface area contributed by atoms with Crippen LogP contribution >= 0.6 is 0 Å². The van der Waals surface area contributed by atoms with Gasteiger partial charge in [0.05, 0.1) is 11.3 Å². The van der Waals surface area contributed by atoms with Crippen molar-refractivity contribution in [1.82, 2.24) is 4.98 Å². The molecule has 0 unspecified atom stereocenters. The number of carbonyl (C=O) groups is 2. The van der Waals surface area contributed by atoms with Crippen molar-refractivity contribution in [3.05, 3.63) is 35.5 Å². The maximum atomic E-state index is 11.8. The molecular weight excluding hydrogens is 218 g/mol. The number of Topliss-reactive ketones (excluding diaryl/α,β-unsaturated/α-hetero) is 1. The Hall–Kier alpha value is -2.10. The summed E-state index contributed by atoms with van der Waals surface area (Å²) in [5.41, 5.74) is 1.41. The Morgan fingerprint density at radius 2 is 1.94 bits per heavy atom. The van der Waals surface area contributed by atoms with Crippen molar-refractivity contribution < 1.29 is 14.7 Å². The van der Waals surface area contributed by atoms with Gasteiger partial charge in [-0.05, 0) is 18.2 Å². The van der Waals surface area contributed by atoms with Gasteiger partial charge < -0.3 is 10.1 Å². The van der Waals surface area contributed by atoms with E-state index in [1.165, 1.54) is 12.1 Å². The molecule has 0 aliphatic carbocycles. The Labute approximate surface area is 98.3 Å². The fraction of sp³-hybridized carbons (Fsp3) is 0.231. The lowest BCUT2D eigenvalue weighted by Crippen LogP contribution is -2.07. The van der Waals surface area contributed by atoms with Crippen molar-refractivity contribution in [1.29, 1.82) is 0 Å². The van der Waals surface area contributed by atoms with E-state index >= 15 is 0 Å². The first-order valence-corrected chi connectivity index (χ1v) is 5.39. The van der Waals surface area contributed by atoms with Crippen LogP contribution in [0, 0.1) is 5.92 Å². The van der Waals surface area contributed by atoms with Crippen LogP contribution in [0.2, 0.25) is 0 Å². The van der Waals surface area contributed by atoms with E-state index in [1.807, 2.05) is 13.8 Å². The molecule has 0 atom stereocenters. The molecule has 0 aliphatic heterocycles. The Bertz CT molecular complexity index is 596. The summed E-state index contributed by atoms with van der Waals surface area (Å²) in [7, 11) is 0. The Morgan fingerprint density at radius 3 is 2.53 bits per heavy atom. The molecule has 2 rings (SSSR count). The van der Waals surface area contributed by atoms with E-state index in [4.69, 9.17) is 5.11 Å². The molecule has 0 spiro atoms. The topological polar surface area (TPSA) is 70.2 Å². The summed E-state index contributed by atoms with van der Waals surface area (Å²) in [5.74, 6) is -1.03. The fourth-order valence-corrected chi connectivity index (χ4v) is 1.70. The summed E-state index contributed by atoms with van der Waals surface area (Å²) in [6.45, 7) is 3.66. The van der Waals surface area contributed by atoms with Crippen LogP contribution < -0.4 is 0 Å². The third-order valence-electron chi connectivity index (χ3n) is 2.66. The number of H-pyrrole nitrogens is 1. The maximum absolute atomic E-state index is 11.8. The van der Waals surface area contributed by atoms with Gasteiger partial charge in [-0.15, -0.1) is 0 Å². The maximum Gasteiger partial charge on any atom is 0.335 e. The number of aromatic nitrogens is 1. The first-order chi connectivity index (χ1) is 7.99. The molecule has 1 aromatic carbocycles. The summed E-state index contributed by atoms with van der Waals surface area (Å²) in [4.78, 5) is 25.6. The minimum absolute atomic E-state index is 0.0260. The van der Waals surface area contributed by atoms with Crippen LogP contribution in [-0.2, 0) is 0 Å².